The van der Waals surface area contributed by atoms with Crippen molar-refractivity contribution in [2.24, 2.45) is 11.8 Å². The minimum atomic E-state index is 0.876. The molecule has 0 aliphatic heterocycles. The number of hydrogen-bond donors (Lipinski definition) is 0. The molecule has 0 heterocycles. The quantitative estimate of drug-likeness (QED) is 0.540. The second-order valence-electron chi connectivity index (χ2n) is 4.06. The smallest absolute Gasteiger partial charge is 0.0286 e. The van der Waals surface area contributed by atoms with Crippen molar-refractivity contribution in [2.75, 3.05) is 0 Å². The monoisotopic (exact) mass is 152 g/mol. The maximum atomic E-state index is 2.47. The van der Waals surface area contributed by atoms with E-state index < -0.39 is 0 Å². The molecule has 0 aromatic rings. The molecule has 0 bridgehead atoms. The Bertz CT molecular complexity index is 142. The molecule has 64 valence electrons. The van der Waals surface area contributed by atoms with Crippen LogP contribution in [0.25, 0.3) is 0 Å². The molecule has 1 atom stereocenters. The van der Waals surface area contributed by atoms with Gasteiger partial charge in [0.05, 0.1) is 0 Å². The third-order valence-electron chi connectivity index (χ3n) is 2.75. The molecule has 0 aromatic carbocycles. The molecule has 0 spiro atoms. The van der Waals surface area contributed by atoms with E-state index in [4.69, 9.17) is 0 Å². The van der Waals surface area contributed by atoms with Gasteiger partial charge in [-0.25, -0.2) is 0 Å². The van der Waals surface area contributed by atoms with Gasteiger partial charge in [-0.05, 0) is 31.1 Å². The van der Waals surface area contributed by atoms with E-state index in [1.54, 1.807) is 5.57 Å². The minimum absolute atomic E-state index is 0.876. The molecule has 0 amide bonds. The highest BCUT2D eigenvalue weighted by atomic mass is 14.2. The van der Waals surface area contributed by atoms with E-state index in [2.05, 4.69) is 26.8 Å². The Balaban J connectivity index is 2.31. The largest absolute Gasteiger partial charge is 0.0850 e. The zero-order chi connectivity index (χ0) is 8.27. The van der Waals surface area contributed by atoms with Crippen LogP contribution in [0.2, 0.25) is 0 Å². The minimum Gasteiger partial charge on any atom is -0.0850 e. The van der Waals surface area contributed by atoms with Crippen LogP contribution in [0.1, 0.15) is 46.5 Å². The van der Waals surface area contributed by atoms with Crippen LogP contribution in [-0.4, -0.2) is 0 Å². The molecule has 11 heavy (non-hydrogen) atoms. The molecule has 0 N–H and O–H groups in total. The molecule has 1 unspecified atom stereocenters. The summed E-state index contributed by atoms with van der Waals surface area (Å²) in [5, 5.41) is 0. The standard InChI is InChI=1S/C11H20/c1-4-5-10-6-7-11(8-10)9(2)3/h6,9,11H,4-5,7-8H2,1-3H3. The Kier molecular flexibility index (Phi) is 3.16. The fraction of sp³-hybridized carbons (Fsp3) is 0.818. The third-order valence-corrected chi connectivity index (χ3v) is 2.75. The lowest BCUT2D eigenvalue weighted by molar-refractivity contribution is 0.402. The van der Waals surface area contributed by atoms with Crippen LogP contribution in [0, 0.1) is 11.8 Å². The van der Waals surface area contributed by atoms with Gasteiger partial charge < -0.3 is 0 Å². The summed E-state index contributed by atoms with van der Waals surface area (Å²) < 4.78 is 0. The molecule has 1 aliphatic carbocycles. The molecular formula is C11H20. The van der Waals surface area contributed by atoms with E-state index in [9.17, 15) is 0 Å². The summed E-state index contributed by atoms with van der Waals surface area (Å²) in [6.45, 7) is 6.95. The number of allylic oxidation sites excluding steroid dienone is 2. The first-order valence-corrected chi connectivity index (χ1v) is 4.92. The lowest BCUT2D eigenvalue weighted by atomic mass is 9.92. The second kappa shape index (κ2) is 3.94. The lowest BCUT2D eigenvalue weighted by Gasteiger charge is -2.13. The first-order chi connectivity index (χ1) is 5.24. The third kappa shape index (κ3) is 2.36. The highest BCUT2D eigenvalue weighted by molar-refractivity contribution is 5.10. The van der Waals surface area contributed by atoms with Crippen LogP contribution in [-0.2, 0) is 0 Å². The van der Waals surface area contributed by atoms with Crippen molar-refractivity contribution in [1.82, 2.24) is 0 Å². The molecule has 0 heteroatoms. The zero-order valence-electron chi connectivity index (χ0n) is 8.06. The lowest BCUT2D eigenvalue weighted by Crippen LogP contribution is -2.03. The molecule has 1 aliphatic rings. The highest BCUT2D eigenvalue weighted by Gasteiger charge is 2.18. The topological polar surface area (TPSA) is 0 Å². The van der Waals surface area contributed by atoms with E-state index in [-0.39, 0.29) is 0 Å². The molecule has 0 radical (unpaired) electrons. The molecule has 0 fully saturated rings. The Hall–Kier alpha value is -0.260. The SMILES string of the molecule is CCCC1=CCC(C(C)C)C1. The van der Waals surface area contributed by atoms with Gasteiger partial charge in [-0.1, -0.05) is 38.8 Å². The van der Waals surface area contributed by atoms with Gasteiger partial charge in [-0.15, -0.1) is 0 Å². The summed E-state index contributed by atoms with van der Waals surface area (Å²) in [5.41, 5.74) is 1.71. The molecular weight excluding hydrogens is 132 g/mol. The Morgan fingerprint density at radius 2 is 2.27 bits per heavy atom. The number of rotatable bonds is 3. The summed E-state index contributed by atoms with van der Waals surface area (Å²) in [7, 11) is 0. The highest BCUT2D eigenvalue weighted by Crippen LogP contribution is 2.32. The van der Waals surface area contributed by atoms with E-state index in [0.717, 1.165) is 11.8 Å². The van der Waals surface area contributed by atoms with Crippen molar-refractivity contribution in [3.63, 3.8) is 0 Å². The van der Waals surface area contributed by atoms with Crippen molar-refractivity contribution in [3.8, 4) is 0 Å². The zero-order valence-corrected chi connectivity index (χ0v) is 8.06. The molecule has 0 saturated carbocycles. The average Bonchev–Trinajstić information content (AvgIpc) is 2.37. The van der Waals surface area contributed by atoms with Gasteiger partial charge in [0.15, 0.2) is 0 Å². The normalized spacial score (nSPS) is 24.4. The first kappa shape index (κ1) is 8.83. The van der Waals surface area contributed by atoms with Gasteiger partial charge in [0.25, 0.3) is 0 Å². The van der Waals surface area contributed by atoms with Gasteiger partial charge >= 0.3 is 0 Å². The summed E-state index contributed by atoms with van der Waals surface area (Å²) in [6, 6.07) is 0. The first-order valence-electron chi connectivity index (χ1n) is 4.92. The van der Waals surface area contributed by atoms with Gasteiger partial charge in [-0.2, -0.15) is 0 Å². The van der Waals surface area contributed by atoms with Gasteiger partial charge in [0.2, 0.25) is 0 Å². The Morgan fingerprint density at radius 1 is 1.55 bits per heavy atom. The van der Waals surface area contributed by atoms with Crippen LogP contribution in [0.5, 0.6) is 0 Å². The van der Waals surface area contributed by atoms with Crippen molar-refractivity contribution in [2.45, 2.75) is 46.5 Å². The predicted molar refractivity (Wildman–Crippen MR) is 50.6 cm³/mol. The van der Waals surface area contributed by atoms with Crippen molar-refractivity contribution < 1.29 is 0 Å². The van der Waals surface area contributed by atoms with Gasteiger partial charge in [0, 0.05) is 0 Å². The predicted octanol–water partition coefficient (Wildman–Crippen LogP) is 3.78. The fourth-order valence-electron chi connectivity index (χ4n) is 1.85. The van der Waals surface area contributed by atoms with Crippen LogP contribution in [0.4, 0.5) is 0 Å². The summed E-state index contributed by atoms with van der Waals surface area (Å²) >= 11 is 0. The number of hydrogen-bond acceptors (Lipinski definition) is 0. The van der Waals surface area contributed by atoms with Crippen LogP contribution in [0.15, 0.2) is 11.6 Å². The van der Waals surface area contributed by atoms with Gasteiger partial charge in [-0.3, -0.25) is 0 Å². The van der Waals surface area contributed by atoms with Crippen LogP contribution >= 0.6 is 0 Å². The Morgan fingerprint density at radius 3 is 2.73 bits per heavy atom. The van der Waals surface area contributed by atoms with E-state index in [1.807, 2.05) is 0 Å². The van der Waals surface area contributed by atoms with Gasteiger partial charge in [0.1, 0.15) is 0 Å². The van der Waals surface area contributed by atoms with Crippen molar-refractivity contribution in [3.05, 3.63) is 11.6 Å². The van der Waals surface area contributed by atoms with E-state index >= 15 is 0 Å². The summed E-state index contributed by atoms with van der Waals surface area (Å²) in [5.74, 6) is 1.83. The molecule has 1 rings (SSSR count). The fourth-order valence-corrected chi connectivity index (χ4v) is 1.85. The van der Waals surface area contributed by atoms with Crippen molar-refractivity contribution >= 4 is 0 Å². The van der Waals surface area contributed by atoms with Crippen LogP contribution in [0.3, 0.4) is 0 Å². The molecule has 0 aromatic heterocycles. The molecule has 0 nitrogen and oxygen atoms in total. The molecule has 0 saturated heterocycles. The Labute approximate surface area is 70.7 Å². The van der Waals surface area contributed by atoms with Crippen molar-refractivity contribution in [1.29, 1.82) is 0 Å². The summed E-state index contributed by atoms with van der Waals surface area (Å²) in [4.78, 5) is 0. The maximum absolute atomic E-state index is 2.47. The average molecular weight is 152 g/mol. The van der Waals surface area contributed by atoms with E-state index in [1.165, 1.54) is 25.7 Å². The summed E-state index contributed by atoms with van der Waals surface area (Å²) in [6.07, 6.45) is 7.84. The maximum Gasteiger partial charge on any atom is -0.0286 e. The van der Waals surface area contributed by atoms with Crippen LogP contribution < -0.4 is 0 Å². The van der Waals surface area contributed by atoms with E-state index in [0.29, 0.717) is 0 Å². The second-order valence-corrected chi connectivity index (χ2v) is 4.06.